The predicted octanol–water partition coefficient (Wildman–Crippen LogP) is 3.73. The number of sulfonamides is 1. The molecule has 0 radical (unpaired) electrons. The first-order valence-electron chi connectivity index (χ1n) is 9.07. The van der Waals surface area contributed by atoms with E-state index < -0.39 is 22.0 Å². The number of hydrogen-bond donors (Lipinski definition) is 2. The molecule has 3 aromatic rings. The van der Waals surface area contributed by atoms with Gasteiger partial charge in [-0.15, -0.1) is 0 Å². The number of rotatable bonds is 6. The molecule has 1 aromatic heterocycles. The molecule has 2 N–H and O–H groups in total. The molecule has 0 bridgehead atoms. The maximum absolute atomic E-state index is 12.9. The standard InChI is InChI=1S/C20H21BrN4O4S/c1-11-5-6-15(19-22-14(4)29-24-19)10-18(11)30(27,28)25-13(3)20(26)23-16-7-8-17(21)12(2)9-16/h5-10,13,25H,1-4H3,(H,23,26)/t13-/m0/s1. The van der Waals surface area contributed by atoms with E-state index in [1.54, 1.807) is 38.1 Å². The summed E-state index contributed by atoms with van der Waals surface area (Å²) in [6.07, 6.45) is 0. The lowest BCUT2D eigenvalue weighted by molar-refractivity contribution is -0.117. The Labute approximate surface area is 183 Å². The maximum atomic E-state index is 12.9. The zero-order chi connectivity index (χ0) is 22.1. The minimum Gasteiger partial charge on any atom is -0.339 e. The smallest absolute Gasteiger partial charge is 0.242 e. The van der Waals surface area contributed by atoms with Crippen LogP contribution in [0.5, 0.6) is 0 Å². The van der Waals surface area contributed by atoms with E-state index in [1.807, 2.05) is 13.0 Å². The second kappa shape index (κ2) is 8.66. The lowest BCUT2D eigenvalue weighted by Crippen LogP contribution is -2.41. The molecule has 30 heavy (non-hydrogen) atoms. The second-order valence-electron chi connectivity index (χ2n) is 6.91. The number of halogens is 1. The van der Waals surface area contributed by atoms with Crippen LogP contribution in [0.15, 0.2) is 50.3 Å². The van der Waals surface area contributed by atoms with Gasteiger partial charge < -0.3 is 9.84 Å². The number of carbonyl (C=O) groups is 1. The topological polar surface area (TPSA) is 114 Å². The van der Waals surface area contributed by atoms with E-state index in [0.29, 0.717) is 28.5 Å². The van der Waals surface area contributed by atoms with E-state index in [0.717, 1.165) is 10.0 Å². The van der Waals surface area contributed by atoms with Crippen molar-refractivity contribution >= 4 is 37.5 Å². The van der Waals surface area contributed by atoms with Crippen molar-refractivity contribution in [2.75, 3.05) is 5.32 Å². The van der Waals surface area contributed by atoms with Gasteiger partial charge in [-0.05, 0) is 56.2 Å². The number of aromatic nitrogens is 2. The van der Waals surface area contributed by atoms with Gasteiger partial charge in [0.15, 0.2) is 0 Å². The molecule has 2 aromatic carbocycles. The summed E-state index contributed by atoms with van der Waals surface area (Å²) >= 11 is 3.40. The summed E-state index contributed by atoms with van der Waals surface area (Å²) in [5, 5.41) is 6.54. The summed E-state index contributed by atoms with van der Waals surface area (Å²) in [4.78, 5) is 16.7. The van der Waals surface area contributed by atoms with E-state index in [1.165, 1.54) is 13.0 Å². The van der Waals surface area contributed by atoms with Crippen LogP contribution >= 0.6 is 15.9 Å². The number of carbonyl (C=O) groups excluding carboxylic acids is 1. The molecule has 0 fully saturated rings. The van der Waals surface area contributed by atoms with Crippen molar-refractivity contribution in [3.63, 3.8) is 0 Å². The van der Waals surface area contributed by atoms with E-state index in [-0.39, 0.29) is 4.90 Å². The first-order chi connectivity index (χ1) is 14.1. The Morgan fingerprint density at radius 3 is 2.47 bits per heavy atom. The van der Waals surface area contributed by atoms with Gasteiger partial charge >= 0.3 is 0 Å². The molecule has 10 heteroatoms. The first-order valence-corrected chi connectivity index (χ1v) is 11.3. The van der Waals surface area contributed by atoms with E-state index in [4.69, 9.17) is 4.52 Å². The van der Waals surface area contributed by atoms with Crippen LogP contribution in [-0.2, 0) is 14.8 Å². The van der Waals surface area contributed by atoms with E-state index >= 15 is 0 Å². The van der Waals surface area contributed by atoms with Gasteiger partial charge in [0.25, 0.3) is 0 Å². The predicted molar refractivity (Wildman–Crippen MR) is 117 cm³/mol. The molecule has 0 aliphatic heterocycles. The molecular formula is C20H21BrN4O4S. The first kappa shape index (κ1) is 22.1. The quantitative estimate of drug-likeness (QED) is 0.541. The van der Waals surface area contributed by atoms with Crippen LogP contribution < -0.4 is 10.0 Å². The lowest BCUT2D eigenvalue weighted by Gasteiger charge is -2.16. The van der Waals surface area contributed by atoms with Crippen molar-refractivity contribution in [2.45, 2.75) is 38.6 Å². The number of benzene rings is 2. The highest BCUT2D eigenvalue weighted by atomic mass is 79.9. The third-order valence-electron chi connectivity index (χ3n) is 4.41. The van der Waals surface area contributed by atoms with Gasteiger partial charge in [0.2, 0.25) is 27.6 Å². The number of nitrogens with one attached hydrogen (secondary N) is 2. The molecule has 0 aliphatic rings. The average Bonchev–Trinajstić information content (AvgIpc) is 3.11. The highest BCUT2D eigenvalue weighted by Crippen LogP contribution is 2.24. The molecule has 0 spiro atoms. The molecule has 0 saturated heterocycles. The van der Waals surface area contributed by atoms with Crippen molar-refractivity contribution in [3.8, 4) is 11.4 Å². The van der Waals surface area contributed by atoms with Crippen LogP contribution in [0.1, 0.15) is 23.9 Å². The summed E-state index contributed by atoms with van der Waals surface area (Å²) in [5.74, 6) is 0.199. The SMILES string of the molecule is Cc1nc(-c2ccc(C)c(S(=O)(=O)N[C@@H](C)C(=O)Nc3ccc(Br)c(C)c3)c2)no1. The van der Waals surface area contributed by atoms with Gasteiger partial charge in [-0.1, -0.05) is 33.2 Å². The highest BCUT2D eigenvalue weighted by molar-refractivity contribution is 9.10. The number of anilines is 1. The molecule has 158 valence electrons. The zero-order valence-electron chi connectivity index (χ0n) is 16.9. The van der Waals surface area contributed by atoms with Crippen LogP contribution in [0.2, 0.25) is 0 Å². The van der Waals surface area contributed by atoms with Crippen LogP contribution in [0.3, 0.4) is 0 Å². The van der Waals surface area contributed by atoms with Crippen molar-refractivity contribution in [1.29, 1.82) is 0 Å². The van der Waals surface area contributed by atoms with Gasteiger partial charge in [0.05, 0.1) is 10.9 Å². The van der Waals surface area contributed by atoms with Gasteiger partial charge in [-0.2, -0.15) is 9.71 Å². The molecule has 3 rings (SSSR count). The largest absolute Gasteiger partial charge is 0.339 e. The number of hydrogen-bond acceptors (Lipinski definition) is 6. The molecule has 0 aliphatic carbocycles. The minimum absolute atomic E-state index is 0.0431. The van der Waals surface area contributed by atoms with Crippen LogP contribution in [0, 0.1) is 20.8 Å². The summed E-state index contributed by atoms with van der Waals surface area (Å²) in [6.45, 7) is 6.71. The normalized spacial score (nSPS) is 12.6. The Morgan fingerprint density at radius 1 is 1.10 bits per heavy atom. The molecule has 1 atom stereocenters. The van der Waals surface area contributed by atoms with Gasteiger partial charge in [-0.3, -0.25) is 4.79 Å². The van der Waals surface area contributed by atoms with Gasteiger partial charge in [0.1, 0.15) is 0 Å². The van der Waals surface area contributed by atoms with Crippen LogP contribution in [0.4, 0.5) is 5.69 Å². The van der Waals surface area contributed by atoms with Gasteiger partial charge in [-0.25, -0.2) is 8.42 Å². The van der Waals surface area contributed by atoms with Crippen molar-refractivity contribution in [3.05, 3.63) is 57.9 Å². The van der Waals surface area contributed by atoms with E-state index in [9.17, 15) is 13.2 Å². The van der Waals surface area contributed by atoms with Crippen molar-refractivity contribution in [2.24, 2.45) is 0 Å². The van der Waals surface area contributed by atoms with Crippen molar-refractivity contribution in [1.82, 2.24) is 14.9 Å². The Bertz CT molecular complexity index is 1210. The average molecular weight is 493 g/mol. The third-order valence-corrected chi connectivity index (χ3v) is 6.99. The second-order valence-corrected chi connectivity index (χ2v) is 9.45. The molecule has 0 unspecified atom stereocenters. The number of amides is 1. The summed E-state index contributed by atoms with van der Waals surface area (Å²) in [7, 11) is -3.97. The van der Waals surface area contributed by atoms with Crippen LogP contribution in [0.25, 0.3) is 11.4 Å². The fourth-order valence-corrected chi connectivity index (χ4v) is 4.49. The minimum atomic E-state index is -3.97. The Balaban J connectivity index is 1.79. The van der Waals surface area contributed by atoms with Gasteiger partial charge in [0, 0.05) is 22.6 Å². The lowest BCUT2D eigenvalue weighted by atomic mass is 10.1. The molecule has 1 amide bonds. The summed E-state index contributed by atoms with van der Waals surface area (Å²) in [5.41, 5.74) is 2.56. The molecule has 1 heterocycles. The summed E-state index contributed by atoms with van der Waals surface area (Å²) in [6, 6.07) is 9.18. The highest BCUT2D eigenvalue weighted by Gasteiger charge is 2.24. The van der Waals surface area contributed by atoms with E-state index in [2.05, 4.69) is 36.1 Å². The fraction of sp³-hybridized carbons (Fsp3) is 0.250. The maximum Gasteiger partial charge on any atom is 0.242 e. The molecular weight excluding hydrogens is 472 g/mol. The fourth-order valence-electron chi connectivity index (χ4n) is 2.77. The molecule has 0 saturated carbocycles. The Hall–Kier alpha value is -2.56. The number of nitrogens with zero attached hydrogens (tertiary/aromatic N) is 2. The Morgan fingerprint density at radius 2 is 1.83 bits per heavy atom. The Kier molecular flexibility index (Phi) is 6.39. The monoisotopic (exact) mass is 492 g/mol. The summed E-state index contributed by atoms with van der Waals surface area (Å²) < 4.78 is 34.2. The van der Waals surface area contributed by atoms with Crippen molar-refractivity contribution < 1.29 is 17.7 Å². The number of aryl methyl sites for hydroxylation is 3. The molecule has 8 nitrogen and oxygen atoms in total. The third kappa shape index (κ3) is 4.94. The van der Waals surface area contributed by atoms with Crippen LogP contribution in [-0.4, -0.2) is 30.5 Å². The zero-order valence-corrected chi connectivity index (χ0v) is 19.3.